The van der Waals surface area contributed by atoms with Gasteiger partial charge in [0, 0.05) is 6.20 Å². The highest BCUT2D eigenvalue weighted by atomic mass is 32.2. The van der Waals surface area contributed by atoms with Crippen molar-refractivity contribution in [3.8, 4) is 0 Å². The zero-order valence-electron chi connectivity index (χ0n) is 8.17. The lowest BCUT2D eigenvalue weighted by Gasteiger charge is -2.10. The van der Waals surface area contributed by atoms with E-state index in [-0.39, 0.29) is 23.2 Å². The number of hydrogen-bond donors (Lipinski definition) is 2. The van der Waals surface area contributed by atoms with Crippen LogP contribution in [0.5, 0.6) is 0 Å². The van der Waals surface area contributed by atoms with Crippen LogP contribution in [-0.4, -0.2) is 33.3 Å². The second-order valence-corrected chi connectivity index (χ2v) is 4.48. The van der Waals surface area contributed by atoms with Crippen LogP contribution in [-0.2, 0) is 4.74 Å². The molecule has 1 aliphatic heterocycles. The van der Waals surface area contributed by atoms with Crippen molar-refractivity contribution in [3.05, 3.63) is 22.7 Å². The van der Waals surface area contributed by atoms with Crippen molar-refractivity contribution in [3.63, 3.8) is 0 Å². The van der Waals surface area contributed by atoms with Crippen molar-refractivity contribution in [1.29, 1.82) is 0 Å². The third-order valence-corrected chi connectivity index (χ3v) is 3.39. The molecule has 0 spiro atoms. The average molecular weight is 247 g/mol. The summed E-state index contributed by atoms with van der Waals surface area (Å²) in [5.41, 5.74) is 0.426. The fraction of sp³-hybridized carbons (Fsp3) is 0.500. The molecule has 0 saturated carbocycles. The molecule has 2 N–H and O–H groups in total. The fourth-order valence-electron chi connectivity index (χ4n) is 1.37. The van der Waals surface area contributed by atoms with Crippen molar-refractivity contribution in [1.82, 2.24) is 9.55 Å². The first-order valence-corrected chi connectivity index (χ1v) is 5.52. The van der Waals surface area contributed by atoms with E-state index in [0.717, 1.165) is 0 Å². The third kappa shape index (κ3) is 2.18. The van der Waals surface area contributed by atoms with Crippen molar-refractivity contribution in [2.24, 2.45) is 0 Å². The van der Waals surface area contributed by atoms with Gasteiger partial charge in [-0.3, -0.25) is 4.57 Å². The van der Waals surface area contributed by atoms with Crippen LogP contribution in [0, 0.1) is 0 Å². The van der Waals surface area contributed by atoms with Crippen LogP contribution in [0.15, 0.2) is 17.1 Å². The Morgan fingerprint density at radius 1 is 1.81 bits per heavy atom. The highest BCUT2D eigenvalue weighted by Gasteiger charge is 2.27. The van der Waals surface area contributed by atoms with Gasteiger partial charge in [-0.2, -0.15) is 4.98 Å². The minimum Gasteiger partial charge on any atom is -0.393 e. The van der Waals surface area contributed by atoms with E-state index in [1.807, 2.05) is 0 Å². The van der Waals surface area contributed by atoms with Crippen LogP contribution in [0.25, 0.3) is 0 Å². The van der Waals surface area contributed by atoms with Gasteiger partial charge in [-0.15, -0.1) is 16.2 Å². The number of nitrogens with one attached hydrogen (secondary N) is 1. The highest BCUT2D eigenvalue weighted by Crippen LogP contribution is 2.34. The number of thioether (sulfide) groups is 1. The molecule has 0 aliphatic carbocycles. The lowest BCUT2D eigenvalue weighted by molar-refractivity contribution is 0.0803. The third-order valence-electron chi connectivity index (χ3n) is 2.12. The minimum atomic E-state index is -0.553. The molecule has 1 aromatic heterocycles. The van der Waals surface area contributed by atoms with Crippen molar-refractivity contribution in [2.45, 2.75) is 10.8 Å². The van der Waals surface area contributed by atoms with Crippen LogP contribution < -0.4 is 11.2 Å². The fourth-order valence-corrected chi connectivity index (χ4v) is 2.41. The molecule has 1 aliphatic rings. The molecular formula is C8H10FN3O3S. The number of rotatable bonds is 3. The van der Waals surface area contributed by atoms with E-state index in [1.165, 1.54) is 34.1 Å². The van der Waals surface area contributed by atoms with Crippen LogP contribution in [0.1, 0.15) is 5.37 Å². The molecule has 0 radical (unpaired) electrons. The molecule has 1 saturated heterocycles. The number of aliphatic hydroxyl groups is 1. The second kappa shape index (κ2) is 4.81. The van der Waals surface area contributed by atoms with Crippen LogP contribution in [0.4, 0.5) is 10.3 Å². The molecule has 8 heteroatoms. The Morgan fingerprint density at radius 3 is 3.19 bits per heavy atom. The number of ether oxygens (including phenoxy) is 1. The van der Waals surface area contributed by atoms with Crippen LogP contribution in [0.2, 0.25) is 0 Å². The summed E-state index contributed by atoms with van der Waals surface area (Å²) in [6.45, 7) is 0.216. The van der Waals surface area contributed by atoms with Crippen molar-refractivity contribution in [2.75, 3.05) is 18.8 Å². The second-order valence-electron chi connectivity index (χ2n) is 3.13. The largest absolute Gasteiger partial charge is 0.393 e. The minimum absolute atomic E-state index is 0.104. The van der Waals surface area contributed by atoms with E-state index < -0.39 is 5.69 Å². The molecule has 2 rings (SSSR count). The molecule has 0 amide bonds. The van der Waals surface area contributed by atoms with Gasteiger partial charge in [-0.1, -0.05) is 0 Å². The molecule has 0 bridgehead atoms. The molecule has 1 fully saturated rings. The van der Waals surface area contributed by atoms with Crippen LogP contribution in [0.3, 0.4) is 0 Å². The Balaban J connectivity index is 2.19. The Labute approximate surface area is 94.4 Å². The summed E-state index contributed by atoms with van der Waals surface area (Å²) in [4.78, 5) is 15.0. The Hall–Kier alpha value is -1.12. The quantitative estimate of drug-likeness (QED) is 0.739. The zero-order chi connectivity index (χ0) is 11.5. The lowest BCUT2D eigenvalue weighted by Crippen LogP contribution is -2.25. The highest BCUT2D eigenvalue weighted by molar-refractivity contribution is 8.00. The van der Waals surface area contributed by atoms with Crippen molar-refractivity contribution < 1.29 is 14.3 Å². The number of hydrogen-bond acceptors (Lipinski definition) is 6. The first-order chi connectivity index (χ1) is 7.74. The van der Waals surface area contributed by atoms with Gasteiger partial charge in [-0.25, -0.2) is 10.3 Å². The molecule has 1 aromatic rings. The summed E-state index contributed by atoms with van der Waals surface area (Å²) >= 11 is 1.33. The molecule has 0 aromatic carbocycles. The summed E-state index contributed by atoms with van der Waals surface area (Å²) in [6, 6.07) is 1.36. The monoisotopic (exact) mass is 247 g/mol. The Kier molecular flexibility index (Phi) is 3.42. The number of aromatic nitrogens is 2. The molecule has 6 nitrogen and oxygen atoms in total. The van der Waals surface area contributed by atoms with Gasteiger partial charge < -0.3 is 9.84 Å². The van der Waals surface area contributed by atoms with Gasteiger partial charge in [-0.05, 0) is 6.07 Å². The molecule has 88 valence electrons. The van der Waals surface area contributed by atoms with Gasteiger partial charge in [0.15, 0.2) is 5.82 Å². The molecular weight excluding hydrogens is 237 g/mol. The van der Waals surface area contributed by atoms with Gasteiger partial charge in [0.1, 0.15) is 10.8 Å². The van der Waals surface area contributed by atoms with Crippen molar-refractivity contribution >= 4 is 17.6 Å². The molecule has 16 heavy (non-hydrogen) atoms. The average Bonchev–Trinajstić information content (AvgIpc) is 2.77. The topological polar surface area (TPSA) is 76.4 Å². The predicted octanol–water partition coefficient (Wildman–Crippen LogP) is 0.120. The summed E-state index contributed by atoms with van der Waals surface area (Å²) in [5, 5.41) is 8.64. The van der Waals surface area contributed by atoms with Crippen LogP contribution >= 0.6 is 11.8 Å². The van der Waals surface area contributed by atoms with E-state index in [4.69, 9.17) is 9.84 Å². The molecule has 2 atom stereocenters. The number of nitrogens with zero attached hydrogens (tertiary/aromatic N) is 2. The van der Waals surface area contributed by atoms with E-state index >= 15 is 0 Å². The standard InChI is InChI=1S/C8H10FN3O3S/c9-11-5-1-2-12(8(14)10-5)6-4-15-7(3-13)16-6/h1-2,6-7,13H,3-4H2,(H,10,11,14). The first-order valence-electron chi connectivity index (χ1n) is 4.58. The summed E-state index contributed by atoms with van der Waals surface area (Å²) < 4.78 is 18.6. The molecule has 2 unspecified atom stereocenters. The predicted molar refractivity (Wildman–Crippen MR) is 56.7 cm³/mol. The van der Waals surface area contributed by atoms with E-state index in [1.54, 1.807) is 0 Å². The Bertz CT molecular complexity index is 427. The van der Waals surface area contributed by atoms with Gasteiger partial charge in [0.2, 0.25) is 0 Å². The Morgan fingerprint density at radius 2 is 2.62 bits per heavy atom. The number of halogens is 1. The van der Waals surface area contributed by atoms with Gasteiger partial charge in [0.05, 0.1) is 13.2 Å². The van der Waals surface area contributed by atoms with E-state index in [2.05, 4.69) is 4.98 Å². The maximum absolute atomic E-state index is 12.0. The number of aliphatic hydroxyl groups excluding tert-OH is 1. The van der Waals surface area contributed by atoms with Gasteiger partial charge >= 0.3 is 5.69 Å². The zero-order valence-corrected chi connectivity index (χ0v) is 8.98. The number of anilines is 1. The SMILES string of the molecule is O=c1nc(NF)ccn1C1COC(CO)S1. The first kappa shape index (κ1) is 11.4. The maximum atomic E-state index is 12.0. The maximum Gasteiger partial charge on any atom is 0.350 e. The summed E-state index contributed by atoms with van der Waals surface area (Å²) in [5.74, 6) is -0.121. The van der Waals surface area contributed by atoms with Gasteiger partial charge in [0.25, 0.3) is 0 Å². The van der Waals surface area contributed by atoms with E-state index in [9.17, 15) is 9.28 Å². The normalized spacial score (nSPS) is 24.6. The smallest absolute Gasteiger partial charge is 0.350 e. The molecule has 2 heterocycles. The van der Waals surface area contributed by atoms with E-state index in [0.29, 0.717) is 6.61 Å². The summed E-state index contributed by atoms with van der Waals surface area (Å²) in [7, 11) is 0. The lowest BCUT2D eigenvalue weighted by atomic mass is 10.5. The summed E-state index contributed by atoms with van der Waals surface area (Å²) in [6.07, 6.45) is 1.44.